The zero-order chi connectivity index (χ0) is 21.0. The molecule has 2 N–H and O–H groups in total. The van der Waals surface area contributed by atoms with Crippen molar-refractivity contribution < 1.29 is 33.3 Å². The van der Waals surface area contributed by atoms with E-state index in [4.69, 9.17) is 29.4 Å². The molecule has 9 nitrogen and oxygen atoms in total. The van der Waals surface area contributed by atoms with Gasteiger partial charge in [0.05, 0.1) is 41.2 Å². The first-order valence-corrected chi connectivity index (χ1v) is 9.55. The van der Waals surface area contributed by atoms with Gasteiger partial charge < -0.3 is 34.3 Å². The number of hydrogen-bond donors (Lipinski definition) is 1. The SMILES string of the molecule is COC(=O)[C@@]12COC[C@@H]1CN(C(=O)c1cc(OC)c(OCCCN)c(OC)c1)C2.Cl. The number of rotatable bonds is 8. The highest BCUT2D eigenvalue weighted by Crippen LogP contribution is 2.44. The first-order chi connectivity index (χ1) is 14.0. The predicted octanol–water partition coefficient (Wildman–Crippen LogP) is 1.11. The molecular weight excluding hydrogens is 416 g/mol. The molecule has 1 aromatic rings. The van der Waals surface area contributed by atoms with Crippen LogP contribution in [-0.4, -0.2) is 77.6 Å². The lowest BCUT2D eigenvalue weighted by Gasteiger charge is -2.24. The van der Waals surface area contributed by atoms with E-state index in [0.29, 0.717) is 55.5 Å². The molecule has 1 amide bonds. The number of ether oxygens (including phenoxy) is 5. The van der Waals surface area contributed by atoms with E-state index < -0.39 is 5.41 Å². The van der Waals surface area contributed by atoms with E-state index in [9.17, 15) is 9.59 Å². The number of nitrogens with zero attached hydrogens (tertiary/aromatic N) is 1. The Morgan fingerprint density at radius 1 is 1.23 bits per heavy atom. The average Bonchev–Trinajstić information content (AvgIpc) is 3.31. The van der Waals surface area contributed by atoms with Crippen molar-refractivity contribution >= 4 is 24.3 Å². The third kappa shape index (κ3) is 4.28. The van der Waals surface area contributed by atoms with Gasteiger partial charge in [-0.2, -0.15) is 0 Å². The first-order valence-electron chi connectivity index (χ1n) is 9.55. The highest BCUT2D eigenvalue weighted by atomic mass is 35.5. The standard InChI is InChI=1S/C20H28N2O7.ClH/c1-25-15-7-13(8-16(26-2)17(15)29-6-4-5-21)18(23)22-9-14-10-28-12-20(14,11-22)19(24)27-3;/h7-8,14H,4-6,9-12,21H2,1-3H3;1H/t14-,20-;/m0./s1. The van der Waals surface area contributed by atoms with E-state index in [1.807, 2.05) is 0 Å². The van der Waals surface area contributed by atoms with Crippen molar-refractivity contribution in [2.24, 2.45) is 17.1 Å². The van der Waals surface area contributed by atoms with Crippen molar-refractivity contribution in [1.29, 1.82) is 0 Å². The van der Waals surface area contributed by atoms with Crippen molar-refractivity contribution in [3.8, 4) is 17.2 Å². The highest BCUT2D eigenvalue weighted by molar-refractivity contribution is 5.96. The van der Waals surface area contributed by atoms with E-state index >= 15 is 0 Å². The van der Waals surface area contributed by atoms with Gasteiger partial charge in [0.25, 0.3) is 5.91 Å². The van der Waals surface area contributed by atoms with Crippen molar-refractivity contribution in [3.63, 3.8) is 0 Å². The van der Waals surface area contributed by atoms with Crippen LogP contribution in [0.25, 0.3) is 0 Å². The summed E-state index contributed by atoms with van der Waals surface area (Å²) in [6.45, 7) is 2.28. The third-order valence-corrected chi connectivity index (χ3v) is 5.56. The fourth-order valence-corrected chi connectivity index (χ4v) is 3.97. The smallest absolute Gasteiger partial charge is 0.316 e. The second-order valence-corrected chi connectivity index (χ2v) is 7.25. The molecule has 0 radical (unpaired) electrons. The van der Waals surface area contributed by atoms with E-state index in [0.717, 1.165) is 0 Å². The van der Waals surface area contributed by atoms with Crippen LogP contribution in [-0.2, 0) is 14.3 Å². The van der Waals surface area contributed by atoms with Crippen LogP contribution in [0.5, 0.6) is 17.2 Å². The Hall–Kier alpha value is -2.23. The molecule has 1 aromatic carbocycles. The van der Waals surface area contributed by atoms with Crippen LogP contribution < -0.4 is 19.9 Å². The third-order valence-electron chi connectivity index (χ3n) is 5.56. The monoisotopic (exact) mass is 444 g/mol. The molecule has 2 saturated heterocycles. The second-order valence-electron chi connectivity index (χ2n) is 7.25. The lowest BCUT2D eigenvalue weighted by atomic mass is 9.81. The van der Waals surface area contributed by atoms with Gasteiger partial charge in [-0.1, -0.05) is 0 Å². The van der Waals surface area contributed by atoms with Crippen molar-refractivity contribution in [3.05, 3.63) is 17.7 Å². The van der Waals surface area contributed by atoms with Crippen molar-refractivity contribution in [2.45, 2.75) is 6.42 Å². The molecule has 30 heavy (non-hydrogen) atoms. The fraction of sp³-hybridized carbons (Fsp3) is 0.600. The van der Waals surface area contributed by atoms with Gasteiger partial charge in [-0.05, 0) is 25.1 Å². The van der Waals surface area contributed by atoms with Gasteiger partial charge in [-0.3, -0.25) is 9.59 Å². The summed E-state index contributed by atoms with van der Waals surface area (Å²) in [5.41, 5.74) is 5.11. The van der Waals surface area contributed by atoms with Gasteiger partial charge >= 0.3 is 5.97 Å². The molecule has 0 unspecified atom stereocenters. The first kappa shape index (κ1) is 24.0. The van der Waals surface area contributed by atoms with Crippen LogP contribution in [0.4, 0.5) is 0 Å². The largest absolute Gasteiger partial charge is 0.493 e. The summed E-state index contributed by atoms with van der Waals surface area (Å²) >= 11 is 0. The lowest BCUT2D eigenvalue weighted by molar-refractivity contribution is -0.153. The van der Waals surface area contributed by atoms with E-state index in [-0.39, 0.29) is 43.4 Å². The molecule has 0 aliphatic carbocycles. The molecule has 2 atom stereocenters. The second kappa shape index (κ2) is 10.2. The quantitative estimate of drug-likeness (QED) is 0.469. The topological polar surface area (TPSA) is 110 Å². The molecule has 2 heterocycles. The van der Waals surface area contributed by atoms with Crippen LogP contribution in [0.2, 0.25) is 0 Å². The number of amides is 1. The maximum atomic E-state index is 13.2. The fourth-order valence-electron chi connectivity index (χ4n) is 3.97. The number of fused-ring (bicyclic) bond motifs is 1. The van der Waals surface area contributed by atoms with Gasteiger partial charge in [-0.25, -0.2) is 0 Å². The number of esters is 1. The summed E-state index contributed by atoms with van der Waals surface area (Å²) in [6, 6.07) is 3.25. The number of benzene rings is 1. The van der Waals surface area contributed by atoms with E-state index in [2.05, 4.69) is 0 Å². The van der Waals surface area contributed by atoms with Gasteiger partial charge in [0.15, 0.2) is 11.5 Å². The summed E-state index contributed by atoms with van der Waals surface area (Å²) in [5, 5.41) is 0. The number of likely N-dealkylation sites (tertiary alicyclic amines) is 1. The Bertz CT molecular complexity index is 751. The average molecular weight is 445 g/mol. The van der Waals surface area contributed by atoms with E-state index in [1.165, 1.54) is 21.3 Å². The number of carbonyl (C=O) groups is 2. The molecule has 10 heteroatoms. The summed E-state index contributed by atoms with van der Waals surface area (Å²) in [6.07, 6.45) is 0.680. The summed E-state index contributed by atoms with van der Waals surface area (Å²) in [7, 11) is 4.36. The Labute approximate surface area is 182 Å². The Morgan fingerprint density at radius 2 is 1.90 bits per heavy atom. The molecule has 0 spiro atoms. The summed E-state index contributed by atoms with van der Waals surface area (Å²) < 4.78 is 27.1. The lowest BCUT2D eigenvalue weighted by Crippen LogP contribution is -2.41. The zero-order valence-electron chi connectivity index (χ0n) is 17.5. The van der Waals surface area contributed by atoms with Gasteiger partial charge in [0.2, 0.25) is 5.75 Å². The number of halogens is 1. The maximum absolute atomic E-state index is 13.2. The Morgan fingerprint density at radius 3 is 2.47 bits per heavy atom. The molecule has 2 aliphatic heterocycles. The molecular formula is C20H29ClN2O7. The van der Waals surface area contributed by atoms with Crippen LogP contribution in [0.1, 0.15) is 16.8 Å². The van der Waals surface area contributed by atoms with Crippen LogP contribution in [0.15, 0.2) is 12.1 Å². The minimum absolute atomic E-state index is 0. The Kier molecular flexibility index (Phi) is 8.17. The van der Waals surface area contributed by atoms with Gasteiger partial charge in [0.1, 0.15) is 5.41 Å². The summed E-state index contributed by atoms with van der Waals surface area (Å²) in [4.78, 5) is 27.3. The Balaban J connectivity index is 0.00000320. The number of nitrogens with two attached hydrogens (primary N) is 1. The molecule has 0 saturated carbocycles. The van der Waals surface area contributed by atoms with Crippen molar-refractivity contribution in [2.75, 3.05) is 60.8 Å². The molecule has 0 bridgehead atoms. The predicted molar refractivity (Wildman–Crippen MR) is 111 cm³/mol. The molecule has 0 aromatic heterocycles. The van der Waals surface area contributed by atoms with Crippen molar-refractivity contribution in [1.82, 2.24) is 4.90 Å². The maximum Gasteiger partial charge on any atom is 0.316 e. The highest BCUT2D eigenvalue weighted by Gasteiger charge is 2.57. The van der Waals surface area contributed by atoms with Crippen LogP contribution >= 0.6 is 12.4 Å². The number of hydrogen-bond acceptors (Lipinski definition) is 8. The number of carbonyl (C=O) groups excluding carboxylic acids is 2. The van der Waals surface area contributed by atoms with E-state index in [1.54, 1.807) is 17.0 Å². The van der Waals surface area contributed by atoms with Gasteiger partial charge in [0, 0.05) is 24.6 Å². The molecule has 2 aliphatic rings. The normalized spacial score (nSPS) is 22.1. The van der Waals surface area contributed by atoms with Crippen LogP contribution in [0.3, 0.4) is 0 Å². The molecule has 3 rings (SSSR count). The van der Waals surface area contributed by atoms with Crippen LogP contribution in [0, 0.1) is 11.3 Å². The minimum atomic E-state index is -0.802. The number of methoxy groups -OCH3 is 3. The molecule has 2 fully saturated rings. The van der Waals surface area contributed by atoms with Gasteiger partial charge in [-0.15, -0.1) is 12.4 Å². The summed E-state index contributed by atoms with van der Waals surface area (Å²) in [5.74, 6) is 0.589. The minimum Gasteiger partial charge on any atom is -0.493 e. The zero-order valence-corrected chi connectivity index (χ0v) is 18.3. The molecule has 168 valence electrons.